The van der Waals surface area contributed by atoms with Crippen LogP contribution >= 0.6 is 0 Å². The van der Waals surface area contributed by atoms with Crippen LogP contribution < -0.4 is 4.74 Å². The lowest BCUT2D eigenvalue weighted by molar-refractivity contribution is -0.145. The highest BCUT2D eigenvalue weighted by Crippen LogP contribution is 2.22. The van der Waals surface area contributed by atoms with E-state index >= 15 is 0 Å². The third-order valence-electron chi connectivity index (χ3n) is 3.52. The van der Waals surface area contributed by atoms with E-state index in [4.69, 9.17) is 9.47 Å². The Morgan fingerprint density at radius 2 is 2.25 bits per heavy atom. The Hall–Kier alpha value is -1.62. The number of hydrogen-bond acceptors (Lipinski definition) is 3. The van der Waals surface area contributed by atoms with Gasteiger partial charge in [-0.3, -0.25) is 4.79 Å². The monoisotopic (exact) mass is 281 g/mol. The fourth-order valence-corrected chi connectivity index (χ4v) is 2.41. The van der Waals surface area contributed by atoms with Crippen LogP contribution in [0.1, 0.15) is 19.4 Å². The second-order valence-corrected chi connectivity index (χ2v) is 5.56. The summed E-state index contributed by atoms with van der Waals surface area (Å²) in [5.74, 6) is -0.269. The molecule has 0 unspecified atom stereocenters. The number of rotatable bonds is 3. The molecule has 0 radical (unpaired) electrons. The van der Waals surface area contributed by atoms with Gasteiger partial charge in [-0.1, -0.05) is 6.07 Å². The largest absolute Gasteiger partial charge is 0.494 e. The molecule has 0 bridgehead atoms. The van der Waals surface area contributed by atoms with Crippen LogP contribution in [-0.2, 0) is 16.0 Å². The molecule has 2 rings (SSSR count). The molecule has 5 heteroatoms. The minimum Gasteiger partial charge on any atom is -0.494 e. The van der Waals surface area contributed by atoms with Crippen LogP contribution in [0.2, 0.25) is 0 Å². The normalized spacial score (nSPS) is 17.9. The van der Waals surface area contributed by atoms with Crippen molar-refractivity contribution in [3.8, 4) is 5.75 Å². The summed E-state index contributed by atoms with van der Waals surface area (Å²) in [6, 6.07) is 4.61. The minimum atomic E-state index is -0.445. The van der Waals surface area contributed by atoms with Crippen molar-refractivity contribution in [2.24, 2.45) is 0 Å². The lowest BCUT2D eigenvalue weighted by Gasteiger charge is -2.42. The van der Waals surface area contributed by atoms with Gasteiger partial charge in [0.15, 0.2) is 11.6 Å². The zero-order valence-electron chi connectivity index (χ0n) is 12.1. The standard InChI is InChI=1S/C15H20FNO3/c1-15(2)10-20-7-6-17(15)14(18)9-11-4-5-13(19-3)12(16)8-11/h4-5,8H,6-7,9-10H2,1-3H3. The molecule has 1 fully saturated rings. The van der Waals surface area contributed by atoms with Gasteiger partial charge >= 0.3 is 0 Å². The molecule has 0 atom stereocenters. The first-order valence-electron chi connectivity index (χ1n) is 6.64. The zero-order chi connectivity index (χ0) is 14.8. The third-order valence-corrected chi connectivity index (χ3v) is 3.52. The van der Waals surface area contributed by atoms with E-state index in [0.29, 0.717) is 25.3 Å². The number of nitrogens with zero attached hydrogens (tertiary/aromatic N) is 1. The van der Waals surface area contributed by atoms with Crippen molar-refractivity contribution in [2.45, 2.75) is 25.8 Å². The lowest BCUT2D eigenvalue weighted by Crippen LogP contribution is -2.55. The fourth-order valence-electron chi connectivity index (χ4n) is 2.41. The zero-order valence-corrected chi connectivity index (χ0v) is 12.1. The van der Waals surface area contributed by atoms with Crippen LogP contribution in [0.3, 0.4) is 0 Å². The van der Waals surface area contributed by atoms with Crippen molar-refractivity contribution >= 4 is 5.91 Å². The Morgan fingerprint density at radius 3 is 2.85 bits per heavy atom. The van der Waals surface area contributed by atoms with E-state index in [2.05, 4.69) is 0 Å². The van der Waals surface area contributed by atoms with Crippen molar-refractivity contribution in [1.29, 1.82) is 0 Å². The Balaban J connectivity index is 2.09. The van der Waals surface area contributed by atoms with Crippen molar-refractivity contribution in [2.75, 3.05) is 26.9 Å². The SMILES string of the molecule is COc1ccc(CC(=O)N2CCOCC2(C)C)cc1F. The van der Waals surface area contributed by atoms with Crippen molar-refractivity contribution in [3.05, 3.63) is 29.6 Å². The summed E-state index contributed by atoms with van der Waals surface area (Å²) < 4.78 is 23.9. The topological polar surface area (TPSA) is 38.8 Å². The molecule has 0 aliphatic carbocycles. The van der Waals surface area contributed by atoms with Crippen molar-refractivity contribution in [3.63, 3.8) is 0 Å². The molecule has 0 spiro atoms. The highest BCUT2D eigenvalue weighted by molar-refractivity contribution is 5.79. The molecular weight excluding hydrogens is 261 g/mol. The van der Waals surface area contributed by atoms with Gasteiger partial charge < -0.3 is 14.4 Å². The molecule has 20 heavy (non-hydrogen) atoms. The van der Waals surface area contributed by atoms with E-state index in [-0.39, 0.29) is 23.6 Å². The van der Waals surface area contributed by atoms with Gasteiger partial charge in [0, 0.05) is 6.54 Å². The summed E-state index contributed by atoms with van der Waals surface area (Å²) in [7, 11) is 1.42. The third kappa shape index (κ3) is 3.10. The highest BCUT2D eigenvalue weighted by atomic mass is 19.1. The van der Waals surface area contributed by atoms with Gasteiger partial charge in [-0.2, -0.15) is 0 Å². The first-order valence-corrected chi connectivity index (χ1v) is 6.64. The Morgan fingerprint density at radius 1 is 1.50 bits per heavy atom. The number of halogens is 1. The molecule has 4 nitrogen and oxygen atoms in total. The molecule has 110 valence electrons. The Labute approximate surface area is 118 Å². The summed E-state index contributed by atoms with van der Waals surface area (Å²) in [5, 5.41) is 0. The quantitative estimate of drug-likeness (QED) is 0.851. The number of amides is 1. The van der Waals surface area contributed by atoms with Crippen LogP contribution in [0.25, 0.3) is 0 Å². The molecule has 1 saturated heterocycles. The molecule has 1 heterocycles. The maximum absolute atomic E-state index is 13.6. The Bertz CT molecular complexity index is 502. The first kappa shape index (κ1) is 14.8. The maximum atomic E-state index is 13.6. The molecule has 1 amide bonds. The number of carbonyl (C=O) groups is 1. The van der Waals surface area contributed by atoms with Gasteiger partial charge in [0.25, 0.3) is 0 Å². The second kappa shape index (κ2) is 5.79. The summed E-state index contributed by atoms with van der Waals surface area (Å²) in [5.41, 5.74) is 0.330. The lowest BCUT2D eigenvalue weighted by atomic mass is 10.0. The van der Waals surface area contributed by atoms with E-state index in [1.807, 2.05) is 13.8 Å². The van der Waals surface area contributed by atoms with Crippen molar-refractivity contribution in [1.82, 2.24) is 4.90 Å². The van der Waals surface area contributed by atoms with Gasteiger partial charge in [0.1, 0.15) is 0 Å². The number of carbonyl (C=O) groups excluding carboxylic acids is 1. The molecule has 0 saturated carbocycles. The van der Waals surface area contributed by atoms with Crippen LogP contribution in [0.5, 0.6) is 5.75 Å². The number of methoxy groups -OCH3 is 1. The predicted molar refractivity (Wildman–Crippen MR) is 73.3 cm³/mol. The van der Waals surface area contributed by atoms with E-state index in [0.717, 1.165) is 0 Å². The van der Waals surface area contributed by atoms with Crippen molar-refractivity contribution < 1.29 is 18.7 Å². The van der Waals surface area contributed by atoms with E-state index < -0.39 is 5.82 Å². The van der Waals surface area contributed by atoms with E-state index in [9.17, 15) is 9.18 Å². The summed E-state index contributed by atoms with van der Waals surface area (Å²) in [6.07, 6.45) is 0.185. The van der Waals surface area contributed by atoms with Crippen LogP contribution in [0.4, 0.5) is 4.39 Å². The maximum Gasteiger partial charge on any atom is 0.227 e. The average molecular weight is 281 g/mol. The summed E-state index contributed by atoms with van der Waals surface area (Å²) >= 11 is 0. The molecule has 0 aromatic heterocycles. The molecular formula is C15H20FNO3. The number of benzene rings is 1. The Kier molecular flexibility index (Phi) is 4.28. The first-order chi connectivity index (χ1) is 9.44. The van der Waals surface area contributed by atoms with E-state index in [1.165, 1.54) is 13.2 Å². The molecule has 1 aliphatic rings. The number of ether oxygens (including phenoxy) is 2. The summed E-state index contributed by atoms with van der Waals surface area (Å²) in [4.78, 5) is 14.2. The minimum absolute atomic E-state index is 0.0112. The number of hydrogen-bond donors (Lipinski definition) is 0. The van der Waals surface area contributed by atoms with Crippen LogP contribution in [0, 0.1) is 5.82 Å². The van der Waals surface area contributed by atoms with Gasteiger partial charge in [0.05, 0.1) is 32.3 Å². The second-order valence-electron chi connectivity index (χ2n) is 5.56. The number of morpholine rings is 1. The molecule has 1 aliphatic heterocycles. The summed E-state index contributed by atoms with van der Waals surface area (Å²) in [6.45, 7) is 5.59. The smallest absolute Gasteiger partial charge is 0.227 e. The predicted octanol–water partition coefficient (Wildman–Crippen LogP) is 2.01. The van der Waals surface area contributed by atoms with E-state index in [1.54, 1.807) is 17.0 Å². The van der Waals surface area contributed by atoms with Crippen LogP contribution in [0.15, 0.2) is 18.2 Å². The van der Waals surface area contributed by atoms with Gasteiger partial charge in [0.2, 0.25) is 5.91 Å². The fraction of sp³-hybridized carbons (Fsp3) is 0.533. The molecule has 1 aromatic rings. The molecule has 0 N–H and O–H groups in total. The highest BCUT2D eigenvalue weighted by Gasteiger charge is 2.33. The van der Waals surface area contributed by atoms with Gasteiger partial charge in [-0.15, -0.1) is 0 Å². The average Bonchev–Trinajstić information content (AvgIpc) is 2.38. The van der Waals surface area contributed by atoms with Crippen LogP contribution in [-0.4, -0.2) is 43.2 Å². The van der Waals surface area contributed by atoms with Gasteiger partial charge in [-0.25, -0.2) is 4.39 Å². The van der Waals surface area contributed by atoms with Gasteiger partial charge in [-0.05, 0) is 31.5 Å². The molecule has 1 aromatic carbocycles.